The highest BCUT2D eigenvalue weighted by Crippen LogP contribution is 2.39. The average Bonchev–Trinajstić information content (AvgIpc) is 3.27. The molecule has 0 fully saturated rings. The molecule has 2 atom stereocenters. The van der Waals surface area contributed by atoms with Crippen LogP contribution >= 0.6 is 11.3 Å². The van der Waals surface area contributed by atoms with E-state index in [0.29, 0.717) is 11.4 Å². The summed E-state index contributed by atoms with van der Waals surface area (Å²) in [6.07, 6.45) is 1.28. The first-order valence-corrected chi connectivity index (χ1v) is 11.6. The van der Waals surface area contributed by atoms with Crippen LogP contribution in [0.15, 0.2) is 53.9 Å². The van der Waals surface area contributed by atoms with Crippen LogP contribution in [0.3, 0.4) is 0 Å². The van der Waals surface area contributed by atoms with Gasteiger partial charge in [-0.3, -0.25) is 9.69 Å². The number of amides is 1. The number of fused-ring (bicyclic) bond motifs is 1. The largest absolute Gasteiger partial charge is 0.479 e. The summed E-state index contributed by atoms with van der Waals surface area (Å²) >= 11 is 1.63. The standard InChI is InChI=1S/C25H26N2O4S/c1-4-8-23-26-20(15-32-23)19-11-12-22-21(13-19)27(24(28)17(3)31-22)16(2)25(29)30-14-18-9-6-5-7-10-18/h5-7,9-13,15-17H,4,8,14H2,1-3H3. The Bertz CT molecular complexity index is 1110. The minimum atomic E-state index is -0.794. The quantitative estimate of drug-likeness (QED) is 0.474. The Kier molecular flexibility index (Phi) is 6.55. The summed E-state index contributed by atoms with van der Waals surface area (Å²) in [7, 11) is 0. The van der Waals surface area contributed by atoms with E-state index < -0.39 is 18.1 Å². The molecule has 0 N–H and O–H groups in total. The zero-order chi connectivity index (χ0) is 22.7. The molecule has 1 aliphatic heterocycles. The van der Waals surface area contributed by atoms with Gasteiger partial charge in [-0.25, -0.2) is 9.78 Å². The Morgan fingerprint density at radius 2 is 2.03 bits per heavy atom. The van der Waals surface area contributed by atoms with Gasteiger partial charge in [-0.05, 0) is 50.5 Å². The second kappa shape index (κ2) is 9.53. The number of carbonyl (C=O) groups excluding carboxylic acids is 2. The maximum absolute atomic E-state index is 13.0. The van der Waals surface area contributed by atoms with Crippen molar-refractivity contribution in [1.29, 1.82) is 0 Å². The molecular weight excluding hydrogens is 424 g/mol. The molecule has 1 amide bonds. The lowest BCUT2D eigenvalue weighted by Crippen LogP contribution is -2.51. The lowest BCUT2D eigenvalue weighted by atomic mass is 10.1. The van der Waals surface area contributed by atoms with Crippen molar-refractivity contribution < 1.29 is 19.1 Å². The van der Waals surface area contributed by atoms with Crippen LogP contribution in [0.5, 0.6) is 5.75 Å². The second-order valence-electron chi connectivity index (χ2n) is 7.80. The van der Waals surface area contributed by atoms with E-state index in [0.717, 1.165) is 34.7 Å². The fraction of sp³-hybridized carbons (Fsp3) is 0.320. The maximum atomic E-state index is 13.0. The fourth-order valence-corrected chi connectivity index (χ4v) is 4.56. The summed E-state index contributed by atoms with van der Waals surface area (Å²) in [4.78, 5) is 32.1. The van der Waals surface area contributed by atoms with Crippen LogP contribution in [0, 0.1) is 0 Å². The predicted octanol–water partition coefficient (Wildman–Crippen LogP) is 5.01. The molecule has 0 saturated heterocycles. The van der Waals surface area contributed by atoms with Gasteiger partial charge in [-0.15, -0.1) is 11.3 Å². The Morgan fingerprint density at radius 1 is 1.25 bits per heavy atom. The lowest BCUT2D eigenvalue weighted by molar-refractivity contribution is -0.147. The van der Waals surface area contributed by atoms with E-state index in [1.165, 1.54) is 4.90 Å². The molecule has 3 aromatic rings. The minimum absolute atomic E-state index is 0.157. The van der Waals surface area contributed by atoms with Gasteiger partial charge >= 0.3 is 5.97 Å². The van der Waals surface area contributed by atoms with E-state index in [1.807, 2.05) is 53.9 Å². The number of hydrogen-bond acceptors (Lipinski definition) is 6. The van der Waals surface area contributed by atoms with Crippen molar-refractivity contribution >= 4 is 28.9 Å². The molecule has 166 valence electrons. The number of benzene rings is 2. The van der Waals surface area contributed by atoms with Crippen LogP contribution in [-0.4, -0.2) is 29.0 Å². The number of nitrogens with zero attached hydrogens (tertiary/aromatic N) is 2. The van der Waals surface area contributed by atoms with Crippen molar-refractivity contribution in [2.45, 2.75) is 52.4 Å². The number of anilines is 1. The van der Waals surface area contributed by atoms with Crippen LogP contribution in [0.4, 0.5) is 5.69 Å². The molecule has 1 aromatic heterocycles. The Morgan fingerprint density at radius 3 is 2.78 bits per heavy atom. The van der Waals surface area contributed by atoms with Gasteiger partial charge in [0.25, 0.3) is 5.91 Å². The lowest BCUT2D eigenvalue weighted by Gasteiger charge is -2.36. The van der Waals surface area contributed by atoms with E-state index in [9.17, 15) is 9.59 Å². The molecule has 4 rings (SSSR count). The highest BCUT2D eigenvalue weighted by Gasteiger charge is 2.38. The molecule has 6 nitrogen and oxygen atoms in total. The number of carbonyl (C=O) groups is 2. The number of aromatic nitrogens is 1. The van der Waals surface area contributed by atoms with Crippen molar-refractivity contribution in [3.63, 3.8) is 0 Å². The van der Waals surface area contributed by atoms with Crippen molar-refractivity contribution in [1.82, 2.24) is 4.98 Å². The Labute approximate surface area is 191 Å². The number of esters is 1. The summed E-state index contributed by atoms with van der Waals surface area (Å²) < 4.78 is 11.3. The first-order chi connectivity index (χ1) is 15.5. The zero-order valence-electron chi connectivity index (χ0n) is 18.4. The van der Waals surface area contributed by atoms with Gasteiger partial charge in [0.05, 0.1) is 16.4 Å². The highest BCUT2D eigenvalue weighted by atomic mass is 32.1. The van der Waals surface area contributed by atoms with Crippen LogP contribution in [0.25, 0.3) is 11.3 Å². The molecule has 1 aliphatic rings. The van der Waals surface area contributed by atoms with E-state index in [1.54, 1.807) is 25.2 Å². The van der Waals surface area contributed by atoms with Crippen molar-refractivity contribution in [2.75, 3.05) is 4.90 Å². The van der Waals surface area contributed by atoms with Gasteiger partial charge in [0.1, 0.15) is 18.4 Å². The third-order valence-corrected chi connectivity index (χ3v) is 6.28. The molecule has 0 saturated carbocycles. The van der Waals surface area contributed by atoms with Gasteiger partial charge in [-0.2, -0.15) is 0 Å². The molecule has 2 heterocycles. The monoisotopic (exact) mass is 450 g/mol. The van der Waals surface area contributed by atoms with Crippen molar-refractivity contribution in [3.8, 4) is 17.0 Å². The first kappa shape index (κ1) is 22.0. The van der Waals surface area contributed by atoms with E-state index in [-0.39, 0.29) is 12.5 Å². The van der Waals surface area contributed by atoms with Crippen LogP contribution in [-0.2, 0) is 27.4 Å². The normalized spacial score (nSPS) is 16.3. The van der Waals surface area contributed by atoms with Crippen LogP contribution in [0.1, 0.15) is 37.8 Å². The van der Waals surface area contributed by atoms with E-state index in [4.69, 9.17) is 14.5 Å². The molecular formula is C25H26N2O4S. The van der Waals surface area contributed by atoms with Gasteiger partial charge in [-0.1, -0.05) is 37.3 Å². The SMILES string of the molecule is CCCc1nc(-c2ccc3c(c2)N(C(C)C(=O)OCc2ccccc2)C(=O)C(C)O3)cs1. The molecule has 0 bridgehead atoms. The molecule has 2 aromatic carbocycles. The van der Waals surface area contributed by atoms with Crippen LogP contribution in [0.2, 0.25) is 0 Å². The predicted molar refractivity (Wildman–Crippen MR) is 125 cm³/mol. The average molecular weight is 451 g/mol. The molecule has 2 unspecified atom stereocenters. The van der Waals surface area contributed by atoms with Crippen molar-refractivity contribution in [3.05, 3.63) is 64.5 Å². The number of rotatable bonds is 7. The fourth-order valence-electron chi connectivity index (χ4n) is 3.65. The maximum Gasteiger partial charge on any atom is 0.329 e. The summed E-state index contributed by atoms with van der Waals surface area (Å²) in [5.41, 5.74) is 3.18. The molecule has 32 heavy (non-hydrogen) atoms. The van der Waals surface area contributed by atoms with Gasteiger partial charge in [0, 0.05) is 10.9 Å². The molecule has 0 aliphatic carbocycles. The van der Waals surface area contributed by atoms with Gasteiger partial charge in [0.2, 0.25) is 0 Å². The Hall–Kier alpha value is -3.19. The summed E-state index contributed by atoms with van der Waals surface area (Å²) in [6, 6.07) is 14.3. The van der Waals surface area contributed by atoms with Gasteiger partial charge in [0.15, 0.2) is 6.10 Å². The number of aryl methyl sites for hydroxylation is 1. The van der Waals surface area contributed by atoms with Gasteiger partial charge < -0.3 is 9.47 Å². The van der Waals surface area contributed by atoms with E-state index in [2.05, 4.69) is 6.92 Å². The zero-order valence-corrected chi connectivity index (χ0v) is 19.2. The molecule has 0 radical (unpaired) electrons. The minimum Gasteiger partial charge on any atom is -0.479 e. The van der Waals surface area contributed by atoms with E-state index >= 15 is 0 Å². The number of ether oxygens (including phenoxy) is 2. The summed E-state index contributed by atoms with van der Waals surface area (Å²) in [6.45, 7) is 5.65. The Balaban J connectivity index is 1.60. The van der Waals surface area contributed by atoms with Crippen LogP contribution < -0.4 is 9.64 Å². The smallest absolute Gasteiger partial charge is 0.329 e. The second-order valence-corrected chi connectivity index (χ2v) is 8.74. The number of hydrogen-bond donors (Lipinski definition) is 0. The van der Waals surface area contributed by atoms with Crippen molar-refractivity contribution in [2.24, 2.45) is 0 Å². The highest BCUT2D eigenvalue weighted by molar-refractivity contribution is 7.09. The first-order valence-electron chi connectivity index (χ1n) is 10.8. The third-order valence-electron chi connectivity index (χ3n) is 5.37. The topological polar surface area (TPSA) is 68.7 Å². The number of thiazole rings is 1. The molecule has 7 heteroatoms. The molecule has 0 spiro atoms. The summed E-state index contributed by atoms with van der Waals surface area (Å²) in [5.74, 6) is -0.178. The summed E-state index contributed by atoms with van der Waals surface area (Å²) in [5, 5.41) is 3.10. The third kappa shape index (κ3) is 4.53.